The highest BCUT2D eigenvalue weighted by Crippen LogP contribution is 2.36. The van der Waals surface area contributed by atoms with Crippen LogP contribution in [0.5, 0.6) is 0 Å². The van der Waals surface area contributed by atoms with Crippen molar-refractivity contribution in [3.05, 3.63) is 59.1 Å². The minimum absolute atomic E-state index is 0.0289. The molecule has 2 rings (SSSR count). The van der Waals surface area contributed by atoms with Crippen LogP contribution in [0.3, 0.4) is 0 Å². The molecule has 3 heteroatoms. The summed E-state index contributed by atoms with van der Waals surface area (Å²) in [5, 5.41) is 0.775. The number of rotatable bonds is 3. The zero-order chi connectivity index (χ0) is 12.3. The van der Waals surface area contributed by atoms with Crippen LogP contribution >= 0.6 is 23.4 Å². The lowest BCUT2D eigenvalue weighted by Gasteiger charge is -2.12. The summed E-state index contributed by atoms with van der Waals surface area (Å²) >= 11 is 7.81. The molecule has 0 unspecified atom stereocenters. The lowest BCUT2D eigenvalue weighted by molar-refractivity contribution is 0.797. The molecule has 2 aromatic rings. The third-order valence-electron chi connectivity index (χ3n) is 2.47. The molecule has 0 heterocycles. The highest BCUT2D eigenvalue weighted by molar-refractivity contribution is 7.99. The van der Waals surface area contributed by atoms with E-state index in [0.29, 0.717) is 0 Å². The molecule has 0 aromatic heterocycles. The topological polar surface area (TPSA) is 26.0 Å². The fourth-order valence-electron chi connectivity index (χ4n) is 1.60. The van der Waals surface area contributed by atoms with Gasteiger partial charge in [0.1, 0.15) is 0 Å². The van der Waals surface area contributed by atoms with Crippen molar-refractivity contribution in [1.29, 1.82) is 0 Å². The third kappa shape index (κ3) is 3.03. The Morgan fingerprint density at radius 3 is 2.24 bits per heavy atom. The van der Waals surface area contributed by atoms with Gasteiger partial charge >= 0.3 is 0 Å². The summed E-state index contributed by atoms with van der Waals surface area (Å²) in [4.78, 5) is 2.22. The monoisotopic (exact) mass is 263 g/mol. The van der Waals surface area contributed by atoms with Gasteiger partial charge in [-0.05, 0) is 30.7 Å². The minimum atomic E-state index is 0.0289. The van der Waals surface area contributed by atoms with Crippen LogP contribution in [-0.2, 0) is 0 Å². The predicted octanol–water partition coefficient (Wildman–Crippen LogP) is 4.51. The minimum Gasteiger partial charge on any atom is -0.324 e. The highest BCUT2D eigenvalue weighted by atomic mass is 35.5. The standard InChI is InChI=1S/C14H14ClNS/c1-10(16)11-6-2-4-8-13(11)17-14-9-5-3-7-12(14)15/h2-10H,16H2,1H3/t10-/m1/s1. The normalized spacial score (nSPS) is 12.4. The van der Waals surface area contributed by atoms with Crippen LogP contribution in [0.15, 0.2) is 58.3 Å². The molecule has 0 aliphatic rings. The van der Waals surface area contributed by atoms with Crippen molar-refractivity contribution in [3.63, 3.8) is 0 Å². The van der Waals surface area contributed by atoms with Crippen LogP contribution in [0.4, 0.5) is 0 Å². The van der Waals surface area contributed by atoms with Crippen molar-refractivity contribution in [1.82, 2.24) is 0 Å². The van der Waals surface area contributed by atoms with Crippen molar-refractivity contribution in [2.75, 3.05) is 0 Å². The fourth-order valence-corrected chi connectivity index (χ4v) is 2.91. The maximum atomic E-state index is 6.15. The van der Waals surface area contributed by atoms with Gasteiger partial charge in [-0.25, -0.2) is 0 Å². The zero-order valence-electron chi connectivity index (χ0n) is 9.56. The Morgan fingerprint density at radius 1 is 1.00 bits per heavy atom. The largest absolute Gasteiger partial charge is 0.324 e. The predicted molar refractivity (Wildman–Crippen MR) is 74.6 cm³/mol. The van der Waals surface area contributed by atoms with E-state index in [9.17, 15) is 0 Å². The lowest BCUT2D eigenvalue weighted by Crippen LogP contribution is -2.05. The summed E-state index contributed by atoms with van der Waals surface area (Å²) in [7, 11) is 0. The van der Waals surface area contributed by atoms with Gasteiger partial charge in [-0.1, -0.05) is 53.7 Å². The summed E-state index contributed by atoms with van der Waals surface area (Å²) in [5.41, 5.74) is 7.11. The van der Waals surface area contributed by atoms with E-state index in [1.54, 1.807) is 11.8 Å². The maximum absolute atomic E-state index is 6.15. The first-order chi connectivity index (χ1) is 8.18. The van der Waals surface area contributed by atoms with Crippen LogP contribution in [0.25, 0.3) is 0 Å². The smallest absolute Gasteiger partial charge is 0.0545 e. The summed E-state index contributed by atoms with van der Waals surface area (Å²) < 4.78 is 0. The van der Waals surface area contributed by atoms with Crippen LogP contribution in [0.1, 0.15) is 18.5 Å². The molecule has 0 spiro atoms. The molecule has 2 aromatic carbocycles. The van der Waals surface area contributed by atoms with Gasteiger partial charge in [-0.3, -0.25) is 0 Å². The Labute approximate surface area is 111 Å². The van der Waals surface area contributed by atoms with E-state index in [1.807, 2.05) is 43.3 Å². The van der Waals surface area contributed by atoms with Crippen LogP contribution in [0.2, 0.25) is 5.02 Å². The van der Waals surface area contributed by atoms with Crippen molar-refractivity contribution >= 4 is 23.4 Å². The molecule has 88 valence electrons. The van der Waals surface area contributed by atoms with Crippen LogP contribution < -0.4 is 5.73 Å². The van der Waals surface area contributed by atoms with Crippen molar-refractivity contribution in [3.8, 4) is 0 Å². The Morgan fingerprint density at radius 2 is 1.59 bits per heavy atom. The Kier molecular flexibility index (Phi) is 4.11. The molecule has 1 atom stereocenters. The first kappa shape index (κ1) is 12.5. The second-order valence-corrected chi connectivity index (χ2v) is 5.35. The van der Waals surface area contributed by atoms with E-state index in [1.165, 1.54) is 0 Å². The third-order valence-corrected chi connectivity index (χ3v) is 4.08. The average molecular weight is 264 g/mol. The van der Waals surface area contributed by atoms with Gasteiger partial charge in [0.2, 0.25) is 0 Å². The van der Waals surface area contributed by atoms with Gasteiger partial charge in [0, 0.05) is 15.8 Å². The van der Waals surface area contributed by atoms with Gasteiger partial charge < -0.3 is 5.73 Å². The highest BCUT2D eigenvalue weighted by Gasteiger charge is 2.08. The molecular formula is C14H14ClNS. The van der Waals surface area contributed by atoms with Gasteiger partial charge in [-0.15, -0.1) is 0 Å². The molecule has 0 bridgehead atoms. The summed E-state index contributed by atoms with van der Waals surface area (Å²) in [6, 6.07) is 16.0. The Hall–Kier alpha value is -0.960. The zero-order valence-corrected chi connectivity index (χ0v) is 11.1. The van der Waals surface area contributed by atoms with Gasteiger partial charge in [0.05, 0.1) is 5.02 Å². The maximum Gasteiger partial charge on any atom is 0.0545 e. The van der Waals surface area contributed by atoms with Gasteiger partial charge in [-0.2, -0.15) is 0 Å². The second-order valence-electron chi connectivity index (χ2n) is 3.86. The molecule has 17 heavy (non-hydrogen) atoms. The van der Waals surface area contributed by atoms with E-state index in [0.717, 1.165) is 20.4 Å². The van der Waals surface area contributed by atoms with E-state index >= 15 is 0 Å². The van der Waals surface area contributed by atoms with Crippen molar-refractivity contribution < 1.29 is 0 Å². The molecule has 0 amide bonds. The van der Waals surface area contributed by atoms with Crippen LogP contribution in [-0.4, -0.2) is 0 Å². The molecular weight excluding hydrogens is 250 g/mol. The van der Waals surface area contributed by atoms with E-state index in [2.05, 4.69) is 12.1 Å². The molecule has 2 N–H and O–H groups in total. The number of nitrogens with two attached hydrogens (primary N) is 1. The quantitative estimate of drug-likeness (QED) is 0.882. The summed E-state index contributed by atoms with van der Waals surface area (Å²) in [5.74, 6) is 0. The molecule has 0 aliphatic heterocycles. The fraction of sp³-hybridized carbons (Fsp3) is 0.143. The van der Waals surface area contributed by atoms with E-state index in [-0.39, 0.29) is 6.04 Å². The number of hydrogen-bond donors (Lipinski definition) is 1. The summed E-state index contributed by atoms with van der Waals surface area (Å²) in [6.45, 7) is 1.99. The lowest BCUT2D eigenvalue weighted by atomic mass is 10.1. The SMILES string of the molecule is C[C@@H](N)c1ccccc1Sc1ccccc1Cl. The molecule has 0 saturated heterocycles. The van der Waals surface area contributed by atoms with Gasteiger partial charge in [0.25, 0.3) is 0 Å². The van der Waals surface area contributed by atoms with E-state index < -0.39 is 0 Å². The van der Waals surface area contributed by atoms with E-state index in [4.69, 9.17) is 17.3 Å². The first-order valence-electron chi connectivity index (χ1n) is 5.45. The molecule has 1 nitrogen and oxygen atoms in total. The average Bonchev–Trinajstić information content (AvgIpc) is 2.32. The van der Waals surface area contributed by atoms with Crippen molar-refractivity contribution in [2.45, 2.75) is 22.8 Å². The van der Waals surface area contributed by atoms with Crippen LogP contribution in [0, 0.1) is 0 Å². The molecule has 0 aliphatic carbocycles. The molecule has 0 radical (unpaired) electrons. The Bertz CT molecular complexity index is 511. The molecule has 0 fully saturated rings. The molecule has 0 saturated carbocycles. The van der Waals surface area contributed by atoms with Gasteiger partial charge in [0.15, 0.2) is 0 Å². The summed E-state index contributed by atoms with van der Waals surface area (Å²) in [6.07, 6.45) is 0. The van der Waals surface area contributed by atoms with Crippen molar-refractivity contribution in [2.24, 2.45) is 5.73 Å². The Balaban J connectivity index is 2.34. The number of hydrogen-bond acceptors (Lipinski definition) is 2. The first-order valence-corrected chi connectivity index (χ1v) is 6.65. The number of halogens is 1. The second kappa shape index (κ2) is 5.58. The number of benzene rings is 2.